The summed E-state index contributed by atoms with van der Waals surface area (Å²) in [5, 5.41) is 4.85. The maximum absolute atomic E-state index is 12.5. The van der Waals surface area contributed by atoms with Crippen LogP contribution in [0.3, 0.4) is 0 Å². The molecule has 6 aromatic rings. The molecule has 4 heterocycles. The lowest BCUT2D eigenvalue weighted by Gasteiger charge is -2.04. The number of H-pyrrole nitrogens is 1. The lowest BCUT2D eigenvalue weighted by molar-refractivity contribution is 0.619. The highest BCUT2D eigenvalue weighted by molar-refractivity contribution is 6.15. The zero-order chi connectivity index (χ0) is 20.2. The summed E-state index contributed by atoms with van der Waals surface area (Å²) >= 11 is 0. The van der Waals surface area contributed by atoms with Gasteiger partial charge in [-0.1, -0.05) is 60.7 Å². The Hall–Kier alpha value is -4.19. The zero-order valence-electron chi connectivity index (χ0n) is 16.1. The van der Waals surface area contributed by atoms with Gasteiger partial charge in [0, 0.05) is 29.1 Å². The Morgan fingerprint density at radius 2 is 1.67 bits per heavy atom. The van der Waals surface area contributed by atoms with Crippen molar-refractivity contribution in [3.63, 3.8) is 0 Å². The van der Waals surface area contributed by atoms with Crippen LogP contribution in [0.1, 0.15) is 5.69 Å². The van der Waals surface area contributed by atoms with E-state index in [0.717, 1.165) is 38.7 Å². The molecule has 0 aliphatic heterocycles. The Morgan fingerprint density at radius 1 is 0.967 bits per heavy atom. The maximum atomic E-state index is 12.5. The quantitative estimate of drug-likeness (QED) is 0.452. The fraction of sp³-hybridized carbons (Fsp3) is 0.0417. The molecular formula is C24H16N4O2. The molecule has 0 saturated carbocycles. The lowest BCUT2D eigenvalue weighted by Crippen LogP contribution is -2.14. The Kier molecular flexibility index (Phi) is 3.43. The number of rotatable bonds is 2. The van der Waals surface area contributed by atoms with E-state index in [1.807, 2.05) is 67.6 Å². The predicted molar refractivity (Wildman–Crippen MR) is 116 cm³/mol. The van der Waals surface area contributed by atoms with E-state index >= 15 is 0 Å². The number of nitrogens with zero attached hydrogens (tertiary/aromatic N) is 3. The molecule has 0 radical (unpaired) electrons. The number of nitrogens with one attached hydrogen (secondary N) is 1. The van der Waals surface area contributed by atoms with Gasteiger partial charge in [-0.15, -0.1) is 0 Å². The first-order chi connectivity index (χ1) is 14.7. The number of pyridine rings is 1. The van der Waals surface area contributed by atoms with Crippen LogP contribution in [0, 0.1) is 6.92 Å². The molecule has 144 valence electrons. The molecule has 0 aliphatic carbocycles. The molecule has 0 saturated heterocycles. The number of hydrogen-bond donors (Lipinski definition) is 1. The summed E-state index contributed by atoms with van der Waals surface area (Å²) in [7, 11) is 0. The third-order valence-electron chi connectivity index (χ3n) is 5.33. The summed E-state index contributed by atoms with van der Waals surface area (Å²) in [6, 6.07) is 21.6. The van der Waals surface area contributed by atoms with Gasteiger partial charge in [-0.25, -0.2) is 14.5 Å². The predicted octanol–water partition coefficient (Wildman–Crippen LogP) is 4.96. The van der Waals surface area contributed by atoms with E-state index in [1.165, 1.54) is 10.6 Å². The van der Waals surface area contributed by atoms with Crippen LogP contribution in [-0.2, 0) is 0 Å². The van der Waals surface area contributed by atoms with Crippen molar-refractivity contribution in [3.8, 4) is 22.5 Å². The van der Waals surface area contributed by atoms with Crippen molar-refractivity contribution < 1.29 is 4.42 Å². The van der Waals surface area contributed by atoms with Crippen molar-refractivity contribution in [1.82, 2.24) is 19.6 Å². The van der Waals surface area contributed by atoms with Crippen LogP contribution in [-0.4, -0.2) is 19.6 Å². The first kappa shape index (κ1) is 16.7. The summed E-state index contributed by atoms with van der Waals surface area (Å²) in [5.74, 6) is 0.743. The van der Waals surface area contributed by atoms with E-state index in [0.29, 0.717) is 17.1 Å². The van der Waals surface area contributed by atoms with Crippen molar-refractivity contribution >= 4 is 27.6 Å². The summed E-state index contributed by atoms with van der Waals surface area (Å²) in [6.45, 7) is 1.81. The van der Waals surface area contributed by atoms with E-state index in [2.05, 4.69) is 15.1 Å². The average Bonchev–Trinajstić information content (AvgIpc) is 3.34. The summed E-state index contributed by atoms with van der Waals surface area (Å²) in [4.78, 5) is 21.7. The van der Waals surface area contributed by atoms with Crippen LogP contribution in [0.2, 0.25) is 0 Å². The van der Waals surface area contributed by atoms with E-state index in [4.69, 9.17) is 4.42 Å². The fourth-order valence-corrected chi connectivity index (χ4v) is 4.02. The smallest absolute Gasteiger partial charge is 0.272 e. The molecule has 0 spiro atoms. The van der Waals surface area contributed by atoms with Gasteiger partial charge >= 0.3 is 0 Å². The molecule has 6 rings (SSSR count). The van der Waals surface area contributed by atoms with Gasteiger partial charge in [0.2, 0.25) is 5.71 Å². The second-order valence-electron chi connectivity index (χ2n) is 7.27. The van der Waals surface area contributed by atoms with E-state index in [1.54, 1.807) is 6.20 Å². The Balaban J connectivity index is 1.82. The molecule has 0 fully saturated rings. The number of fused-ring (bicyclic) bond motifs is 5. The molecule has 0 unspecified atom stereocenters. The fourth-order valence-electron chi connectivity index (χ4n) is 4.02. The van der Waals surface area contributed by atoms with Crippen LogP contribution in [0.15, 0.2) is 82.1 Å². The van der Waals surface area contributed by atoms with Gasteiger partial charge in [-0.05, 0) is 12.5 Å². The van der Waals surface area contributed by atoms with Crippen molar-refractivity contribution in [3.05, 3.63) is 89.0 Å². The molecule has 0 bridgehead atoms. The molecule has 0 amide bonds. The number of aromatic nitrogens is 4. The average molecular weight is 392 g/mol. The van der Waals surface area contributed by atoms with Gasteiger partial charge in [0.25, 0.3) is 5.56 Å². The van der Waals surface area contributed by atoms with Crippen molar-refractivity contribution in [1.29, 1.82) is 0 Å². The third kappa shape index (κ3) is 2.34. The second kappa shape index (κ2) is 6.15. The molecule has 6 nitrogen and oxygen atoms in total. The van der Waals surface area contributed by atoms with E-state index in [9.17, 15) is 4.79 Å². The molecule has 0 aliphatic rings. The van der Waals surface area contributed by atoms with Crippen LogP contribution in [0.25, 0.3) is 50.1 Å². The summed E-state index contributed by atoms with van der Waals surface area (Å²) in [5.41, 5.74) is 5.27. The number of benzene rings is 2. The van der Waals surface area contributed by atoms with E-state index < -0.39 is 0 Å². The van der Waals surface area contributed by atoms with Gasteiger partial charge in [-0.2, -0.15) is 0 Å². The minimum Gasteiger partial charge on any atom is -0.437 e. The highest BCUT2D eigenvalue weighted by Crippen LogP contribution is 2.42. The SMILES string of the molecule is Cc1cc(=O)n2[nH]c3c(cnc4oc(-c5ccccc5)c(-c5ccccc5)c43)c2n1. The molecule has 30 heavy (non-hydrogen) atoms. The maximum Gasteiger partial charge on any atom is 0.272 e. The van der Waals surface area contributed by atoms with Gasteiger partial charge < -0.3 is 4.42 Å². The highest BCUT2D eigenvalue weighted by Gasteiger charge is 2.23. The standard InChI is InChI=1S/C24H16N4O2/c1-14-12-18(29)28-23(26-14)17-13-25-24-20(21(17)27-28)19(15-8-4-2-5-9-15)22(30-24)16-10-6-3-7-11-16/h2-13,27H,1H3. The van der Waals surface area contributed by atoms with Gasteiger partial charge in [0.1, 0.15) is 5.76 Å². The zero-order valence-corrected chi connectivity index (χ0v) is 16.1. The molecule has 1 N–H and O–H groups in total. The molecule has 0 atom stereocenters. The largest absolute Gasteiger partial charge is 0.437 e. The topological polar surface area (TPSA) is 76.2 Å². The molecule has 4 aromatic heterocycles. The lowest BCUT2D eigenvalue weighted by atomic mass is 9.98. The molecule has 6 heteroatoms. The van der Waals surface area contributed by atoms with Crippen LogP contribution in [0.5, 0.6) is 0 Å². The van der Waals surface area contributed by atoms with Crippen molar-refractivity contribution in [2.45, 2.75) is 6.92 Å². The monoisotopic (exact) mass is 392 g/mol. The van der Waals surface area contributed by atoms with Gasteiger partial charge in [-0.3, -0.25) is 9.89 Å². The first-order valence-electron chi connectivity index (χ1n) is 9.65. The second-order valence-corrected chi connectivity index (χ2v) is 7.27. The van der Waals surface area contributed by atoms with Crippen LogP contribution < -0.4 is 5.56 Å². The Morgan fingerprint density at radius 3 is 2.40 bits per heavy atom. The third-order valence-corrected chi connectivity index (χ3v) is 5.33. The van der Waals surface area contributed by atoms with E-state index in [-0.39, 0.29) is 5.56 Å². The number of furan rings is 1. The minimum absolute atomic E-state index is 0.158. The normalized spacial score (nSPS) is 11.6. The van der Waals surface area contributed by atoms with Crippen molar-refractivity contribution in [2.24, 2.45) is 0 Å². The summed E-state index contributed by atoms with van der Waals surface area (Å²) in [6.07, 6.45) is 1.71. The van der Waals surface area contributed by atoms with Crippen LogP contribution >= 0.6 is 0 Å². The van der Waals surface area contributed by atoms with Crippen molar-refractivity contribution in [2.75, 3.05) is 0 Å². The van der Waals surface area contributed by atoms with Crippen LogP contribution in [0.4, 0.5) is 0 Å². The number of hydrogen-bond acceptors (Lipinski definition) is 4. The molecular weight excluding hydrogens is 376 g/mol. The first-order valence-corrected chi connectivity index (χ1v) is 9.65. The Bertz CT molecular complexity index is 1610. The minimum atomic E-state index is -0.158. The number of aromatic amines is 1. The highest BCUT2D eigenvalue weighted by atomic mass is 16.3. The Labute approximate surface area is 170 Å². The number of aryl methyl sites for hydroxylation is 1. The van der Waals surface area contributed by atoms with Gasteiger partial charge in [0.05, 0.1) is 16.3 Å². The molecule has 2 aromatic carbocycles. The van der Waals surface area contributed by atoms with Gasteiger partial charge in [0.15, 0.2) is 5.65 Å². The summed E-state index contributed by atoms with van der Waals surface area (Å²) < 4.78 is 7.72.